The van der Waals surface area contributed by atoms with E-state index in [4.69, 9.17) is 18.9 Å². The number of benzene rings is 1. The Morgan fingerprint density at radius 1 is 0.750 bits per heavy atom. The Hall–Kier alpha value is -2.83. The minimum atomic E-state index is -1.46. The molecule has 190 valence electrons. The van der Waals surface area contributed by atoms with Crippen LogP contribution in [-0.2, 0) is 38.1 Å². The first-order valence-electron chi connectivity index (χ1n) is 10.6. The summed E-state index contributed by atoms with van der Waals surface area (Å²) in [5, 5.41) is 3.48. The van der Waals surface area contributed by atoms with Gasteiger partial charge in [-0.25, -0.2) is 19.2 Å². The summed E-state index contributed by atoms with van der Waals surface area (Å²) in [5.41, 5.74) is 1.47. The van der Waals surface area contributed by atoms with Crippen molar-refractivity contribution >= 4 is 70.4 Å². The van der Waals surface area contributed by atoms with E-state index in [1.165, 1.54) is 28.4 Å². The van der Waals surface area contributed by atoms with E-state index >= 15 is 0 Å². The van der Waals surface area contributed by atoms with Crippen molar-refractivity contribution in [3.8, 4) is 0 Å². The number of anilines is 1. The number of hydrogen-bond donors (Lipinski definition) is 1. The van der Waals surface area contributed by atoms with Crippen molar-refractivity contribution in [2.75, 3.05) is 33.8 Å². The Balaban J connectivity index is 2.12. The molecule has 0 aliphatic carbocycles. The van der Waals surface area contributed by atoms with Gasteiger partial charge in [0.15, 0.2) is 0 Å². The highest BCUT2D eigenvalue weighted by Gasteiger charge is 2.60. The lowest BCUT2D eigenvalue weighted by molar-refractivity contribution is -0.138. The number of rotatable bonds is 4. The molecular weight excluding hydrogens is 526 g/mol. The van der Waals surface area contributed by atoms with Crippen LogP contribution in [0.1, 0.15) is 19.4 Å². The van der Waals surface area contributed by atoms with Crippen LogP contribution in [0, 0.1) is 0 Å². The van der Waals surface area contributed by atoms with Gasteiger partial charge in [-0.15, -0.1) is 0 Å². The largest absolute Gasteiger partial charge is 0.466 e. The molecule has 0 aromatic heterocycles. The molecule has 0 saturated heterocycles. The number of nitrogens with one attached hydrogen (secondary N) is 1. The van der Waals surface area contributed by atoms with Crippen LogP contribution in [0.5, 0.6) is 0 Å². The van der Waals surface area contributed by atoms with Crippen LogP contribution in [0.15, 0.2) is 49.5 Å². The third-order valence-corrected chi connectivity index (χ3v) is 10.4. The number of hydrogen-bond acceptors (Lipinski definition) is 12. The molecule has 0 fully saturated rings. The smallest absolute Gasteiger partial charge is 0.345 e. The fourth-order valence-corrected chi connectivity index (χ4v) is 9.22. The number of thioether (sulfide) groups is 3. The van der Waals surface area contributed by atoms with Crippen LogP contribution < -0.4 is 5.32 Å². The Bertz CT molecular complexity index is 1270. The molecule has 0 amide bonds. The minimum absolute atomic E-state index is 0.00712. The van der Waals surface area contributed by atoms with E-state index in [2.05, 4.69) is 5.32 Å². The number of methoxy groups -OCH3 is 4. The number of para-hydroxylation sites is 1. The topological polar surface area (TPSA) is 117 Å². The van der Waals surface area contributed by atoms with Crippen molar-refractivity contribution in [2.24, 2.45) is 0 Å². The summed E-state index contributed by atoms with van der Waals surface area (Å²) >= 11 is 3.01. The van der Waals surface area contributed by atoms with E-state index in [9.17, 15) is 19.2 Å². The monoisotopic (exact) mass is 549 g/mol. The lowest BCUT2D eigenvalue weighted by atomic mass is 9.85. The molecule has 0 atom stereocenters. The maximum Gasteiger partial charge on any atom is 0.345 e. The second-order valence-electron chi connectivity index (χ2n) is 8.25. The van der Waals surface area contributed by atoms with Gasteiger partial charge in [0.2, 0.25) is 0 Å². The van der Waals surface area contributed by atoms with Crippen molar-refractivity contribution in [3.05, 3.63) is 55.0 Å². The van der Waals surface area contributed by atoms with Gasteiger partial charge in [-0.1, -0.05) is 53.5 Å². The molecule has 3 aliphatic rings. The molecule has 0 bridgehead atoms. The predicted molar refractivity (Wildman–Crippen MR) is 139 cm³/mol. The third kappa shape index (κ3) is 3.91. The van der Waals surface area contributed by atoms with Crippen LogP contribution in [0.3, 0.4) is 0 Å². The summed E-state index contributed by atoms with van der Waals surface area (Å²) in [5.74, 6) is -3.07. The first kappa shape index (κ1) is 26.2. The molecule has 0 radical (unpaired) electrons. The lowest BCUT2D eigenvalue weighted by Gasteiger charge is -2.46. The number of carbonyl (C=O) groups is 4. The zero-order valence-electron chi connectivity index (χ0n) is 20.3. The average Bonchev–Trinajstić information content (AvgIpc) is 3.26. The Kier molecular flexibility index (Phi) is 6.97. The molecule has 3 aliphatic heterocycles. The molecule has 0 saturated carbocycles. The molecule has 9 nitrogen and oxygen atoms in total. The Morgan fingerprint density at radius 2 is 1.25 bits per heavy atom. The molecule has 1 aromatic carbocycles. The van der Waals surface area contributed by atoms with Gasteiger partial charge in [0.05, 0.1) is 39.6 Å². The number of carbonyl (C=O) groups excluding carboxylic acids is 4. The highest BCUT2D eigenvalue weighted by atomic mass is 32.2. The van der Waals surface area contributed by atoms with Crippen LogP contribution in [0.4, 0.5) is 5.69 Å². The summed E-state index contributed by atoms with van der Waals surface area (Å²) in [6.45, 7) is 3.88. The van der Waals surface area contributed by atoms with Crippen molar-refractivity contribution in [3.63, 3.8) is 0 Å². The maximum absolute atomic E-state index is 13.4. The number of esters is 4. The summed E-state index contributed by atoms with van der Waals surface area (Å²) < 4.78 is 18.6. The van der Waals surface area contributed by atoms with Gasteiger partial charge in [-0.05, 0) is 19.9 Å². The van der Waals surface area contributed by atoms with Gasteiger partial charge in [-0.3, -0.25) is 0 Å². The summed E-state index contributed by atoms with van der Waals surface area (Å²) in [4.78, 5) is 52.8. The maximum atomic E-state index is 13.4. The Morgan fingerprint density at radius 3 is 1.78 bits per heavy atom. The SMILES string of the molecule is COC(=O)C1=C(C(=O)OC)SC2(S1)C(C(=O)OC)=C(C(=O)OC)SC1=C2c2ccccc2NC1(C)C. The molecule has 1 N–H and O–H groups in total. The summed E-state index contributed by atoms with van der Waals surface area (Å²) in [7, 11) is 4.81. The van der Waals surface area contributed by atoms with E-state index in [1.807, 2.05) is 38.1 Å². The van der Waals surface area contributed by atoms with Gasteiger partial charge in [-0.2, -0.15) is 0 Å². The summed E-state index contributed by atoms with van der Waals surface area (Å²) in [6, 6.07) is 7.50. The Labute approximate surface area is 220 Å². The van der Waals surface area contributed by atoms with Crippen LogP contribution in [0.2, 0.25) is 0 Å². The summed E-state index contributed by atoms with van der Waals surface area (Å²) in [6.07, 6.45) is 0. The molecule has 3 heterocycles. The molecule has 1 aromatic rings. The predicted octanol–water partition coefficient (Wildman–Crippen LogP) is 3.68. The van der Waals surface area contributed by atoms with E-state index in [-0.39, 0.29) is 20.3 Å². The number of ether oxygens (including phenoxy) is 4. The molecule has 0 unspecified atom stereocenters. The van der Waals surface area contributed by atoms with Crippen molar-refractivity contribution < 1.29 is 38.1 Å². The van der Waals surface area contributed by atoms with Crippen LogP contribution in [0.25, 0.3) is 5.57 Å². The van der Waals surface area contributed by atoms with Gasteiger partial charge in [0.25, 0.3) is 0 Å². The third-order valence-electron chi connectivity index (χ3n) is 5.73. The molecule has 1 spiro atoms. The zero-order chi connectivity index (χ0) is 26.4. The fraction of sp³-hybridized carbons (Fsp3) is 0.333. The first-order valence-corrected chi connectivity index (χ1v) is 13.0. The standard InChI is InChI=1S/C24H23NO8S3/c1-23(2)18-13(11-9-7-8-10-12(11)25-23)24(14(19(26)30-3)15(34-18)20(27)31-4)35-16(21(28)32-5)17(36-24)22(29)33-6/h7-10,25H,1-6H3. The zero-order valence-corrected chi connectivity index (χ0v) is 22.7. The van der Waals surface area contributed by atoms with Crippen LogP contribution in [-0.4, -0.2) is 61.9 Å². The number of fused-ring (bicyclic) bond motifs is 3. The van der Waals surface area contributed by atoms with Gasteiger partial charge < -0.3 is 24.3 Å². The van der Waals surface area contributed by atoms with Gasteiger partial charge >= 0.3 is 23.9 Å². The lowest BCUT2D eigenvalue weighted by Crippen LogP contribution is -2.44. The quantitative estimate of drug-likeness (QED) is 0.436. The first-order chi connectivity index (χ1) is 17.1. The van der Waals surface area contributed by atoms with Crippen LogP contribution >= 0.6 is 35.3 Å². The second kappa shape index (κ2) is 9.56. The normalized spacial score (nSPS) is 19.3. The molecule has 12 heteroatoms. The van der Waals surface area contributed by atoms with E-state index in [0.717, 1.165) is 51.4 Å². The van der Waals surface area contributed by atoms with E-state index < -0.39 is 33.5 Å². The average molecular weight is 550 g/mol. The van der Waals surface area contributed by atoms with Crippen molar-refractivity contribution in [1.29, 1.82) is 0 Å². The van der Waals surface area contributed by atoms with Gasteiger partial charge in [0.1, 0.15) is 18.8 Å². The highest BCUT2D eigenvalue weighted by molar-refractivity contribution is 8.26. The minimum Gasteiger partial charge on any atom is -0.466 e. The molecular formula is C24H23NO8S3. The van der Waals surface area contributed by atoms with Crippen molar-refractivity contribution in [2.45, 2.75) is 23.5 Å². The fourth-order valence-electron chi connectivity index (χ4n) is 4.20. The van der Waals surface area contributed by atoms with Gasteiger partial charge in [0, 0.05) is 21.7 Å². The molecule has 4 rings (SSSR count). The highest BCUT2D eigenvalue weighted by Crippen LogP contribution is 2.70. The van der Waals surface area contributed by atoms with Crippen molar-refractivity contribution in [1.82, 2.24) is 0 Å². The molecule has 36 heavy (non-hydrogen) atoms. The van der Waals surface area contributed by atoms with E-state index in [0.29, 0.717) is 5.57 Å². The second-order valence-corrected chi connectivity index (χ2v) is 12.0. The van der Waals surface area contributed by atoms with E-state index in [1.54, 1.807) is 0 Å².